The van der Waals surface area contributed by atoms with Crippen molar-refractivity contribution in [2.75, 3.05) is 22.1 Å². The molecule has 19 heavy (non-hydrogen) atoms. The van der Waals surface area contributed by atoms with Crippen molar-refractivity contribution in [3.63, 3.8) is 0 Å². The smallest absolute Gasteiger partial charge is 0.323 e. The monoisotopic (exact) mass is 273 g/mol. The third-order valence-electron chi connectivity index (χ3n) is 2.77. The number of carbonyl (C=O) groups is 2. The second-order valence-corrected chi connectivity index (χ2v) is 5.01. The minimum absolute atomic E-state index is 0.0220. The molecule has 3 amide bonds. The van der Waals surface area contributed by atoms with Gasteiger partial charge in [-0.05, 0) is 29.6 Å². The maximum absolute atomic E-state index is 12.2. The second kappa shape index (κ2) is 4.74. The fraction of sp³-hybridized carbons (Fsp3) is 0.0769. The average Bonchev–Trinajstić information content (AvgIpc) is 2.90. The number of thiophene rings is 1. The Kier molecular flexibility index (Phi) is 2.92. The topological polar surface area (TPSA) is 61.4 Å². The highest BCUT2D eigenvalue weighted by Crippen LogP contribution is 2.29. The number of hydrogen-bond acceptors (Lipinski definition) is 3. The van der Waals surface area contributed by atoms with E-state index in [2.05, 4.69) is 10.6 Å². The van der Waals surface area contributed by atoms with E-state index in [-0.39, 0.29) is 18.5 Å². The van der Waals surface area contributed by atoms with Crippen molar-refractivity contribution in [1.29, 1.82) is 0 Å². The van der Waals surface area contributed by atoms with Crippen molar-refractivity contribution >= 4 is 39.7 Å². The quantitative estimate of drug-likeness (QED) is 0.839. The van der Waals surface area contributed by atoms with Crippen LogP contribution in [0, 0.1) is 0 Å². The molecule has 2 N–H and O–H groups in total. The number of anilines is 3. The predicted molar refractivity (Wildman–Crippen MR) is 75.8 cm³/mol. The van der Waals surface area contributed by atoms with Gasteiger partial charge in [0.15, 0.2) is 0 Å². The summed E-state index contributed by atoms with van der Waals surface area (Å²) in [7, 11) is 0. The van der Waals surface area contributed by atoms with Gasteiger partial charge in [-0.3, -0.25) is 15.0 Å². The summed E-state index contributed by atoms with van der Waals surface area (Å²) >= 11 is 1.44. The van der Waals surface area contributed by atoms with E-state index in [1.54, 1.807) is 6.07 Å². The third kappa shape index (κ3) is 2.30. The summed E-state index contributed by atoms with van der Waals surface area (Å²) < 4.78 is 0. The van der Waals surface area contributed by atoms with E-state index in [1.165, 1.54) is 16.2 Å². The molecule has 0 unspecified atom stereocenters. The molecule has 2 heterocycles. The number of benzene rings is 1. The second-order valence-electron chi connectivity index (χ2n) is 4.06. The van der Waals surface area contributed by atoms with Crippen LogP contribution in [0.3, 0.4) is 0 Å². The molecule has 1 aromatic carbocycles. The summed E-state index contributed by atoms with van der Waals surface area (Å²) in [5.41, 5.74) is 1.36. The first-order valence-corrected chi connectivity index (χ1v) is 6.63. The van der Waals surface area contributed by atoms with Gasteiger partial charge in [-0.25, -0.2) is 4.79 Å². The van der Waals surface area contributed by atoms with Gasteiger partial charge in [0.25, 0.3) is 0 Å². The molecule has 1 aromatic heterocycles. The lowest BCUT2D eigenvalue weighted by Gasteiger charge is -2.28. The van der Waals surface area contributed by atoms with Gasteiger partial charge in [0, 0.05) is 0 Å². The van der Waals surface area contributed by atoms with Crippen LogP contribution in [-0.4, -0.2) is 18.5 Å². The van der Waals surface area contributed by atoms with Crippen LogP contribution in [0.4, 0.5) is 21.2 Å². The maximum atomic E-state index is 12.2. The number of fused-ring (bicyclic) bond motifs is 1. The number of rotatable bonds is 1. The Bertz CT molecular complexity index is 625. The molecule has 0 aliphatic carbocycles. The number of nitrogens with zero attached hydrogens (tertiary/aromatic N) is 1. The van der Waals surface area contributed by atoms with E-state index in [1.807, 2.05) is 35.7 Å². The van der Waals surface area contributed by atoms with Crippen LogP contribution in [0.15, 0.2) is 41.8 Å². The van der Waals surface area contributed by atoms with Crippen molar-refractivity contribution in [1.82, 2.24) is 0 Å². The number of hydrogen-bond donors (Lipinski definition) is 2. The molecule has 0 bridgehead atoms. The van der Waals surface area contributed by atoms with Gasteiger partial charge < -0.3 is 5.32 Å². The predicted octanol–water partition coefficient (Wildman–Crippen LogP) is 2.74. The summed E-state index contributed by atoms with van der Waals surface area (Å²) in [4.78, 5) is 25.3. The highest BCUT2D eigenvalue weighted by molar-refractivity contribution is 7.14. The first-order chi connectivity index (χ1) is 9.24. The zero-order chi connectivity index (χ0) is 13.2. The molecule has 0 spiro atoms. The molecular weight excluding hydrogens is 262 g/mol. The molecule has 0 saturated carbocycles. The number of urea groups is 1. The molecule has 0 radical (unpaired) electrons. The lowest BCUT2D eigenvalue weighted by molar-refractivity contribution is -0.115. The van der Waals surface area contributed by atoms with E-state index in [4.69, 9.17) is 0 Å². The van der Waals surface area contributed by atoms with Gasteiger partial charge >= 0.3 is 6.03 Å². The molecule has 1 aliphatic rings. The van der Waals surface area contributed by atoms with Crippen LogP contribution in [0.1, 0.15) is 0 Å². The molecule has 3 rings (SSSR count). The summed E-state index contributed by atoms with van der Waals surface area (Å²) in [6.07, 6.45) is 0. The van der Waals surface area contributed by atoms with Gasteiger partial charge in [-0.2, -0.15) is 0 Å². The Hall–Kier alpha value is -2.34. The molecular formula is C13H11N3O2S. The summed E-state index contributed by atoms with van der Waals surface area (Å²) in [6.45, 7) is 0.0220. The number of nitrogens with one attached hydrogen (secondary N) is 2. The SMILES string of the molecule is O=C1CN(C(=O)Nc2cccs2)c2ccccc2N1. The molecule has 0 fully saturated rings. The van der Waals surface area contributed by atoms with E-state index in [0.717, 1.165) is 5.00 Å². The van der Waals surface area contributed by atoms with Gasteiger partial charge in [0.05, 0.1) is 16.4 Å². The molecule has 6 heteroatoms. The van der Waals surface area contributed by atoms with Gasteiger partial charge in [0.2, 0.25) is 5.91 Å². The Morgan fingerprint density at radius 2 is 2.11 bits per heavy atom. The zero-order valence-corrected chi connectivity index (χ0v) is 10.7. The number of carbonyl (C=O) groups excluding carboxylic acids is 2. The molecule has 1 aliphatic heterocycles. The third-order valence-corrected chi connectivity index (χ3v) is 3.55. The first kappa shape index (κ1) is 11.7. The summed E-state index contributed by atoms with van der Waals surface area (Å²) in [5.74, 6) is -0.194. The van der Waals surface area contributed by atoms with Crippen molar-refractivity contribution in [2.24, 2.45) is 0 Å². The molecule has 2 aromatic rings. The lowest BCUT2D eigenvalue weighted by Crippen LogP contribution is -2.44. The number of para-hydroxylation sites is 2. The minimum Gasteiger partial charge on any atom is -0.323 e. The van der Waals surface area contributed by atoms with Crippen LogP contribution < -0.4 is 15.5 Å². The van der Waals surface area contributed by atoms with Crippen molar-refractivity contribution in [3.05, 3.63) is 41.8 Å². The highest BCUT2D eigenvalue weighted by atomic mass is 32.1. The minimum atomic E-state index is -0.301. The summed E-state index contributed by atoms with van der Waals surface area (Å²) in [5, 5.41) is 8.16. The fourth-order valence-corrected chi connectivity index (χ4v) is 2.54. The fourth-order valence-electron chi connectivity index (χ4n) is 1.94. The van der Waals surface area contributed by atoms with Crippen molar-refractivity contribution in [3.8, 4) is 0 Å². The van der Waals surface area contributed by atoms with Gasteiger partial charge in [-0.1, -0.05) is 12.1 Å². The largest absolute Gasteiger partial charge is 0.327 e. The Morgan fingerprint density at radius 3 is 2.89 bits per heavy atom. The van der Waals surface area contributed by atoms with Crippen LogP contribution >= 0.6 is 11.3 Å². The Labute approximate surface area is 113 Å². The average molecular weight is 273 g/mol. The number of amides is 3. The van der Waals surface area contributed by atoms with Gasteiger partial charge in [-0.15, -0.1) is 11.3 Å². The molecule has 96 valence electrons. The van der Waals surface area contributed by atoms with E-state index >= 15 is 0 Å². The van der Waals surface area contributed by atoms with Crippen LogP contribution in [-0.2, 0) is 4.79 Å². The Morgan fingerprint density at radius 1 is 1.26 bits per heavy atom. The molecule has 5 nitrogen and oxygen atoms in total. The zero-order valence-electron chi connectivity index (χ0n) is 9.92. The lowest BCUT2D eigenvalue weighted by atomic mass is 10.2. The maximum Gasteiger partial charge on any atom is 0.327 e. The summed E-state index contributed by atoms with van der Waals surface area (Å²) in [6, 6.07) is 10.6. The molecule has 0 saturated heterocycles. The van der Waals surface area contributed by atoms with E-state index < -0.39 is 0 Å². The Balaban J connectivity index is 1.88. The van der Waals surface area contributed by atoms with E-state index in [9.17, 15) is 9.59 Å². The van der Waals surface area contributed by atoms with Crippen LogP contribution in [0.2, 0.25) is 0 Å². The highest BCUT2D eigenvalue weighted by Gasteiger charge is 2.26. The normalized spacial score (nSPS) is 13.7. The van der Waals surface area contributed by atoms with Crippen LogP contribution in [0.25, 0.3) is 0 Å². The van der Waals surface area contributed by atoms with Gasteiger partial charge in [0.1, 0.15) is 6.54 Å². The molecule has 0 atom stereocenters. The van der Waals surface area contributed by atoms with Crippen LogP contribution in [0.5, 0.6) is 0 Å². The standard InChI is InChI=1S/C13H11N3O2S/c17-11-8-16(10-5-2-1-4-9(10)14-11)13(18)15-12-6-3-7-19-12/h1-7H,8H2,(H,14,17)(H,15,18). The first-order valence-electron chi connectivity index (χ1n) is 5.75. The van der Waals surface area contributed by atoms with E-state index in [0.29, 0.717) is 11.4 Å². The van der Waals surface area contributed by atoms with Crippen molar-refractivity contribution in [2.45, 2.75) is 0 Å². The van der Waals surface area contributed by atoms with Crippen molar-refractivity contribution < 1.29 is 9.59 Å².